The van der Waals surface area contributed by atoms with Gasteiger partial charge in [0.1, 0.15) is 6.79 Å². The van der Waals surface area contributed by atoms with Crippen molar-refractivity contribution in [2.45, 2.75) is 6.04 Å². The molecule has 0 bridgehead atoms. The number of ether oxygens (including phenoxy) is 1. The summed E-state index contributed by atoms with van der Waals surface area (Å²) in [5.41, 5.74) is 1.08. The molecule has 0 aliphatic heterocycles. The maximum absolute atomic E-state index is 6.05. The molecule has 0 radical (unpaired) electrons. The van der Waals surface area contributed by atoms with Gasteiger partial charge in [-0.25, -0.2) is 0 Å². The average Bonchev–Trinajstić information content (AvgIpc) is 2.16. The highest BCUT2D eigenvalue weighted by atomic mass is 35.7. The number of benzene rings is 1. The van der Waals surface area contributed by atoms with E-state index in [-0.39, 0.29) is 6.79 Å². The van der Waals surface area contributed by atoms with E-state index in [1.807, 2.05) is 30.3 Å². The molecule has 0 spiro atoms. The van der Waals surface area contributed by atoms with Gasteiger partial charge in [0, 0.05) is 13.2 Å². The molecule has 1 aromatic carbocycles. The van der Waals surface area contributed by atoms with Crippen molar-refractivity contribution in [2.24, 2.45) is 0 Å². The Kier molecular flexibility index (Phi) is 4.91. The van der Waals surface area contributed by atoms with Crippen molar-refractivity contribution in [3.63, 3.8) is 0 Å². The number of halogens is 2. The first-order valence-corrected chi connectivity index (χ1v) is 8.32. The third kappa shape index (κ3) is 4.44. The Bertz CT molecular complexity index is 267. The molecule has 0 aliphatic carbocycles. The van der Waals surface area contributed by atoms with E-state index in [4.69, 9.17) is 31.3 Å². The molecule has 2 nitrogen and oxygen atoms in total. The third-order valence-corrected chi connectivity index (χ3v) is 4.46. The molecule has 78 valence electrons. The van der Waals surface area contributed by atoms with Crippen LogP contribution in [0.5, 0.6) is 0 Å². The number of methoxy groups -OCH3 is 1. The minimum atomic E-state index is -2.65. The molecular weight excluding hydrogens is 239 g/mol. The van der Waals surface area contributed by atoms with Crippen LogP contribution in [-0.4, -0.2) is 20.8 Å². The summed E-state index contributed by atoms with van der Waals surface area (Å²) in [7, 11) is 1.54. The topological polar surface area (TPSA) is 18.5 Å². The molecule has 0 aromatic heterocycles. The molecule has 0 atom stereocenters. The Morgan fingerprint density at radius 3 is 2.43 bits per heavy atom. The molecule has 0 heterocycles. The molecule has 0 saturated carbocycles. The van der Waals surface area contributed by atoms with Crippen molar-refractivity contribution in [1.82, 2.24) is 0 Å². The Morgan fingerprint density at radius 1 is 1.21 bits per heavy atom. The minimum Gasteiger partial charge on any atom is -0.368 e. The molecular formula is C9H12Cl2O2Si. The fourth-order valence-corrected chi connectivity index (χ4v) is 3.33. The lowest BCUT2D eigenvalue weighted by Crippen LogP contribution is -2.29. The number of hydrogen-bond acceptors (Lipinski definition) is 2. The van der Waals surface area contributed by atoms with Crippen molar-refractivity contribution in [3.8, 4) is 0 Å². The van der Waals surface area contributed by atoms with E-state index in [9.17, 15) is 0 Å². The molecule has 0 fully saturated rings. The smallest absolute Gasteiger partial charge is 0.368 e. The summed E-state index contributed by atoms with van der Waals surface area (Å²) in [4.78, 5) is 0. The second-order valence-corrected chi connectivity index (χ2v) is 9.01. The van der Waals surface area contributed by atoms with Crippen molar-refractivity contribution in [2.75, 3.05) is 13.9 Å². The zero-order valence-corrected chi connectivity index (χ0v) is 10.4. The van der Waals surface area contributed by atoms with Crippen LogP contribution >= 0.6 is 22.2 Å². The molecule has 0 saturated heterocycles. The first-order valence-electron chi connectivity index (χ1n) is 4.19. The fourth-order valence-electron chi connectivity index (χ4n) is 1.03. The van der Waals surface area contributed by atoms with Gasteiger partial charge < -0.3 is 9.16 Å². The van der Waals surface area contributed by atoms with Gasteiger partial charge in [-0.2, -0.15) is 0 Å². The third-order valence-electron chi connectivity index (χ3n) is 1.64. The zero-order valence-electron chi connectivity index (χ0n) is 7.87. The largest absolute Gasteiger partial charge is 0.395 e. The van der Waals surface area contributed by atoms with Crippen LogP contribution < -0.4 is 0 Å². The molecule has 0 N–H and O–H groups in total. The predicted octanol–water partition coefficient (Wildman–Crippen LogP) is 2.81. The highest BCUT2D eigenvalue weighted by Crippen LogP contribution is 2.21. The predicted molar refractivity (Wildman–Crippen MR) is 60.6 cm³/mol. The van der Waals surface area contributed by atoms with Crippen LogP contribution in [0.25, 0.3) is 0 Å². The van der Waals surface area contributed by atoms with Gasteiger partial charge in [0.15, 0.2) is 0 Å². The first-order chi connectivity index (χ1) is 6.64. The normalized spacial score (nSPS) is 11.6. The summed E-state index contributed by atoms with van der Waals surface area (Å²) in [6.45, 7) is -2.50. The lowest BCUT2D eigenvalue weighted by Gasteiger charge is -2.16. The minimum absolute atomic E-state index is 0.145. The molecule has 1 aromatic rings. The Morgan fingerprint density at radius 2 is 1.86 bits per heavy atom. The van der Waals surface area contributed by atoms with Gasteiger partial charge in [-0.1, -0.05) is 30.3 Å². The van der Waals surface area contributed by atoms with Gasteiger partial charge in [0.05, 0.1) is 0 Å². The number of hydrogen-bond donors (Lipinski definition) is 0. The molecule has 0 aliphatic rings. The van der Waals surface area contributed by atoms with E-state index in [0.29, 0.717) is 6.04 Å². The molecule has 5 heteroatoms. The summed E-state index contributed by atoms with van der Waals surface area (Å²) in [6, 6.07) is 10.4. The highest BCUT2D eigenvalue weighted by Gasteiger charge is 2.30. The van der Waals surface area contributed by atoms with Crippen LogP contribution in [0.15, 0.2) is 30.3 Å². The van der Waals surface area contributed by atoms with Crippen LogP contribution in [0.2, 0.25) is 0 Å². The van der Waals surface area contributed by atoms with Crippen LogP contribution in [0.4, 0.5) is 0 Å². The van der Waals surface area contributed by atoms with Crippen molar-refractivity contribution >= 4 is 29.1 Å². The van der Waals surface area contributed by atoms with Gasteiger partial charge in [0.25, 0.3) is 0 Å². The highest BCUT2D eigenvalue weighted by molar-refractivity contribution is 7.42. The van der Waals surface area contributed by atoms with Gasteiger partial charge in [-0.3, -0.25) is 0 Å². The maximum Gasteiger partial charge on any atom is 0.395 e. The maximum atomic E-state index is 6.05. The lowest BCUT2D eigenvalue weighted by molar-refractivity contribution is 0.0498. The summed E-state index contributed by atoms with van der Waals surface area (Å²) in [5, 5.41) is 0. The van der Waals surface area contributed by atoms with E-state index in [2.05, 4.69) is 0 Å². The Balaban J connectivity index is 2.50. The standard InChI is InChI=1S/C9H12Cl2O2Si/c1-12-8-13-14(10,11)7-9-5-3-2-4-6-9/h2-6H,7-8H2,1H3. The van der Waals surface area contributed by atoms with Crippen LogP contribution in [-0.2, 0) is 15.2 Å². The zero-order chi connectivity index (χ0) is 10.4. The Hall–Kier alpha value is -0.0631. The van der Waals surface area contributed by atoms with Crippen molar-refractivity contribution in [3.05, 3.63) is 35.9 Å². The number of rotatable bonds is 5. The molecule has 1 rings (SSSR count). The molecule has 0 amide bonds. The second-order valence-electron chi connectivity index (χ2n) is 2.85. The van der Waals surface area contributed by atoms with Gasteiger partial charge >= 0.3 is 6.94 Å². The van der Waals surface area contributed by atoms with Crippen LogP contribution in [0.1, 0.15) is 5.56 Å². The van der Waals surface area contributed by atoms with E-state index in [1.165, 1.54) is 0 Å². The van der Waals surface area contributed by atoms with Gasteiger partial charge in [0.2, 0.25) is 0 Å². The quantitative estimate of drug-likeness (QED) is 0.455. The summed E-state index contributed by atoms with van der Waals surface area (Å²) in [5.74, 6) is 0. The van der Waals surface area contributed by atoms with Gasteiger partial charge in [-0.05, 0) is 5.56 Å². The SMILES string of the molecule is COCO[Si](Cl)(Cl)Cc1ccccc1. The summed E-state index contributed by atoms with van der Waals surface area (Å²) in [6.07, 6.45) is 0. The van der Waals surface area contributed by atoms with Crippen LogP contribution in [0.3, 0.4) is 0 Å². The lowest BCUT2D eigenvalue weighted by atomic mass is 10.2. The summed E-state index contributed by atoms with van der Waals surface area (Å²) >= 11 is 12.1. The first kappa shape index (κ1) is 12.0. The fraction of sp³-hybridized carbons (Fsp3) is 0.333. The monoisotopic (exact) mass is 250 g/mol. The van der Waals surface area contributed by atoms with Crippen molar-refractivity contribution in [1.29, 1.82) is 0 Å². The molecule has 0 unspecified atom stereocenters. The van der Waals surface area contributed by atoms with E-state index in [0.717, 1.165) is 5.56 Å². The van der Waals surface area contributed by atoms with Gasteiger partial charge in [-0.15, -0.1) is 22.2 Å². The van der Waals surface area contributed by atoms with E-state index < -0.39 is 6.94 Å². The van der Waals surface area contributed by atoms with Crippen molar-refractivity contribution < 1.29 is 9.16 Å². The Labute approximate surface area is 94.3 Å². The molecule has 14 heavy (non-hydrogen) atoms. The van der Waals surface area contributed by atoms with E-state index >= 15 is 0 Å². The van der Waals surface area contributed by atoms with E-state index in [1.54, 1.807) is 7.11 Å². The van der Waals surface area contributed by atoms with Crippen LogP contribution in [0, 0.1) is 0 Å². The second kappa shape index (κ2) is 5.73. The summed E-state index contributed by atoms with van der Waals surface area (Å²) < 4.78 is 9.99. The average molecular weight is 251 g/mol.